The van der Waals surface area contributed by atoms with Crippen molar-refractivity contribution in [2.24, 2.45) is 0 Å². The lowest BCUT2D eigenvalue weighted by Gasteiger charge is -2.47. The summed E-state index contributed by atoms with van der Waals surface area (Å²) in [4.78, 5) is -0.354. The third-order valence-electron chi connectivity index (χ3n) is 9.82. The maximum absolute atomic E-state index is 3.98. The predicted octanol–water partition coefficient (Wildman–Crippen LogP) is 9.92. The van der Waals surface area contributed by atoms with Crippen molar-refractivity contribution in [3.63, 3.8) is 0 Å². The first-order valence-electron chi connectivity index (χ1n) is 17.4. The Bertz CT molecular complexity index is 1740. The molecule has 8 rings (SSSR count). The molecule has 0 fully saturated rings. The fourth-order valence-electron chi connectivity index (χ4n) is 7.83. The van der Waals surface area contributed by atoms with Crippen LogP contribution in [0, 0.1) is 0 Å². The summed E-state index contributed by atoms with van der Waals surface area (Å²) in [6, 6.07) is 59.9. The van der Waals surface area contributed by atoms with Gasteiger partial charge in [0.2, 0.25) is 0 Å². The van der Waals surface area contributed by atoms with Crippen LogP contribution in [0.4, 0.5) is 11.4 Å². The quantitative estimate of drug-likeness (QED) is 0.174. The molecule has 6 aromatic rings. The van der Waals surface area contributed by atoms with Crippen LogP contribution in [-0.4, -0.2) is 13.1 Å². The molecule has 0 amide bonds. The first kappa shape index (κ1) is 31.1. The summed E-state index contributed by atoms with van der Waals surface area (Å²) >= 11 is 0. The number of nitrogens with one attached hydrogen (secondary N) is 2. The highest BCUT2D eigenvalue weighted by atomic mass is 31.2. The predicted molar refractivity (Wildman–Crippen MR) is 211 cm³/mol. The van der Waals surface area contributed by atoms with E-state index in [0.29, 0.717) is 0 Å². The molecule has 0 bridgehead atoms. The molecule has 2 aliphatic rings. The van der Waals surface area contributed by atoms with Crippen LogP contribution in [0.5, 0.6) is 0 Å². The zero-order valence-corrected chi connectivity index (χ0v) is 29.1. The maximum Gasteiger partial charge on any atom is 0.0775 e. The molecule has 4 heteroatoms. The number of hydrogen-bond acceptors (Lipinski definition) is 2. The second-order valence-electron chi connectivity index (χ2n) is 12.8. The zero-order valence-electron chi connectivity index (χ0n) is 27.4. The van der Waals surface area contributed by atoms with Gasteiger partial charge in [0.05, 0.1) is 4.90 Å². The third-order valence-corrected chi connectivity index (χ3v) is 16.5. The van der Waals surface area contributed by atoms with Crippen molar-refractivity contribution in [1.82, 2.24) is 0 Å². The molecular formula is C44H42N2P2. The molecule has 0 radical (unpaired) electrons. The molecule has 1 aliphatic heterocycles. The molecule has 2 N–H and O–H groups in total. The van der Waals surface area contributed by atoms with Gasteiger partial charge in [0.25, 0.3) is 0 Å². The highest BCUT2D eigenvalue weighted by molar-refractivity contribution is 7.90. The largest absolute Gasteiger partial charge is 0.385 e. The van der Waals surface area contributed by atoms with E-state index in [9.17, 15) is 0 Å². The second-order valence-corrected chi connectivity index (χ2v) is 17.9. The number of hydrogen-bond donors (Lipinski definition) is 2. The van der Waals surface area contributed by atoms with E-state index < -0.39 is 15.8 Å². The monoisotopic (exact) mass is 660 g/mol. The van der Waals surface area contributed by atoms with Crippen molar-refractivity contribution in [1.29, 1.82) is 0 Å². The molecule has 238 valence electrons. The van der Waals surface area contributed by atoms with Gasteiger partial charge in [-0.25, -0.2) is 0 Å². The Hall–Kier alpha value is -4.22. The van der Waals surface area contributed by atoms with E-state index >= 15 is 0 Å². The number of rotatable bonds is 6. The van der Waals surface area contributed by atoms with Gasteiger partial charge in [-0.2, -0.15) is 0 Å². The molecule has 0 atom stereocenters. The van der Waals surface area contributed by atoms with E-state index in [1.165, 1.54) is 87.0 Å². The van der Waals surface area contributed by atoms with Gasteiger partial charge in [-0.1, -0.05) is 165 Å². The van der Waals surface area contributed by atoms with Gasteiger partial charge in [0.1, 0.15) is 0 Å². The van der Waals surface area contributed by atoms with Crippen molar-refractivity contribution < 1.29 is 0 Å². The number of anilines is 2. The van der Waals surface area contributed by atoms with Crippen LogP contribution in [0.3, 0.4) is 0 Å². The van der Waals surface area contributed by atoms with E-state index in [-0.39, 0.29) is 4.90 Å². The molecular weight excluding hydrogens is 618 g/mol. The van der Waals surface area contributed by atoms with Crippen LogP contribution in [-0.2, 0) is 4.90 Å². The molecule has 0 unspecified atom stereocenters. The molecule has 6 aromatic carbocycles. The first-order valence-corrected chi connectivity index (χ1v) is 20.1. The minimum absolute atomic E-state index is 0.354. The minimum atomic E-state index is -0.965. The molecule has 1 heterocycles. The van der Waals surface area contributed by atoms with E-state index in [1.54, 1.807) is 0 Å². The molecule has 48 heavy (non-hydrogen) atoms. The Balaban J connectivity index is 1.55. The van der Waals surface area contributed by atoms with Crippen LogP contribution in [0.15, 0.2) is 158 Å². The SMILES string of the molecule is c1ccc(P(c2ccccc2)C2(P(c3ccccc3)c3ccccc3)c3cccc4c3-c3c(cccc32)NCCCCCCCN4)cc1. The Morgan fingerprint density at radius 2 is 0.688 bits per heavy atom. The summed E-state index contributed by atoms with van der Waals surface area (Å²) in [5, 5.41) is 13.6. The lowest BCUT2D eigenvalue weighted by atomic mass is 10.0. The Morgan fingerprint density at radius 3 is 1.04 bits per heavy atom. The van der Waals surface area contributed by atoms with E-state index in [4.69, 9.17) is 0 Å². The Kier molecular flexibility index (Phi) is 9.13. The second kappa shape index (κ2) is 14.1. The average Bonchev–Trinajstić information content (AvgIpc) is 3.45. The smallest absolute Gasteiger partial charge is 0.0775 e. The van der Waals surface area contributed by atoms with Crippen molar-refractivity contribution >= 4 is 48.4 Å². The summed E-state index contributed by atoms with van der Waals surface area (Å²) in [6.45, 7) is 1.99. The van der Waals surface area contributed by atoms with Crippen LogP contribution in [0.1, 0.15) is 43.2 Å². The lowest BCUT2D eigenvalue weighted by Crippen LogP contribution is -2.37. The molecule has 0 saturated heterocycles. The lowest BCUT2D eigenvalue weighted by molar-refractivity contribution is 0.636. The van der Waals surface area contributed by atoms with Crippen LogP contribution in [0.2, 0.25) is 0 Å². The Morgan fingerprint density at radius 1 is 0.354 bits per heavy atom. The molecule has 0 spiro atoms. The van der Waals surface area contributed by atoms with Gasteiger partial charge in [0.15, 0.2) is 0 Å². The highest BCUT2D eigenvalue weighted by Gasteiger charge is 2.56. The summed E-state index contributed by atoms with van der Waals surface area (Å²) in [5.74, 6) is 0. The maximum atomic E-state index is 3.98. The van der Waals surface area contributed by atoms with Gasteiger partial charge in [-0.3, -0.25) is 0 Å². The van der Waals surface area contributed by atoms with Gasteiger partial charge in [-0.05, 0) is 73.2 Å². The van der Waals surface area contributed by atoms with Gasteiger partial charge in [-0.15, -0.1) is 0 Å². The topological polar surface area (TPSA) is 24.1 Å². The fraction of sp³-hybridized carbons (Fsp3) is 0.182. The molecule has 2 nitrogen and oxygen atoms in total. The van der Waals surface area contributed by atoms with Crippen molar-refractivity contribution in [3.8, 4) is 11.1 Å². The Labute approximate surface area is 288 Å². The molecule has 0 saturated carbocycles. The van der Waals surface area contributed by atoms with Crippen LogP contribution in [0.25, 0.3) is 11.1 Å². The summed E-state index contributed by atoms with van der Waals surface area (Å²) in [7, 11) is -1.93. The summed E-state index contributed by atoms with van der Waals surface area (Å²) < 4.78 is 0. The standard InChI is InChI=1S/C44H42N2P2/c1-2-16-32-45-40-30-18-28-38-42(40)43-39(29-19-31-41(43)46-33-17-3-1)44(38,47(34-20-8-4-9-21-34)35-22-10-5-11-23-35)48(36-24-12-6-13-25-36)37-26-14-7-15-27-37/h4-15,18-31,45-46H,1-3,16-17,32-33H2. The first-order chi connectivity index (χ1) is 23.9. The molecule has 0 aromatic heterocycles. The zero-order chi connectivity index (χ0) is 32.2. The van der Waals surface area contributed by atoms with Gasteiger partial charge < -0.3 is 10.6 Å². The van der Waals surface area contributed by atoms with E-state index in [0.717, 1.165) is 13.1 Å². The number of benzene rings is 6. The van der Waals surface area contributed by atoms with Gasteiger partial charge >= 0.3 is 0 Å². The van der Waals surface area contributed by atoms with Crippen molar-refractivity contribution in [2.75, 3.05) is 23.7 Å². The summed E-state index contributed by atoms with van der Waals surface area (Å²) in [6.07, 6.45) is 6.22. The van der Waals surface area contributed by atoms with E-state index in [2.05, 4.69) is 168 Å². The van der Waals surface area contributed by atoms with Gasteiger partial charge in [0, 0.05) is 35.6 Å². The van der Waals surface area contributed by atoms with Crippen LogP contribution < -0.4 is 31.9 Å². The van der Waals surface area contributed by atoms with E-state index in [1.807, 2.05) is 0 Å². The average molecular weight is 661 g/mol. The van der Waals surface area contributed by atoms with Crippen molar-refractivity contribution in [3.05, 3.63) is 169 Å². The summed E-state index contributed by atoms with van der Waals surface area (Å²) in [5.41, 5.74) is 8.18. The molecule has 1 aliphatic carbocycles. The minimum Gasteiger partial charge on any atom is -0.385 e. The fourth-order valence-corrected chi connectivity index (χ4v) is 15.7. The third kappa shape index (κ3) is 5.56. The highest BCUT2D eigenvalue weighted by Crippen LogP contribution is 2.78. The van der Waals surface area contributed by atoms with Crippen LogP contribution >= 0.6 is 15.8 Å². The van der Waals surface area contributed by atoms with Crippen molar-refractivity contribution in [2.45, 2.75) is 37.0 Å². The normalized spacial score (nSPS) is 15.4.